The van der Waals surface area contributed by atoms with Crippen LogP contribution in [-0.2, 0) is 21.5 Å². The van der Waals surface area contributed by atoms with E-state index in [4.69, 9.17) is 9.15 Å². The summed E-state index contributed by atoms with van der Waals surface area (Å²) in [4.78, 5) is 56.3. The number of ketones is 1. The van der Waals surface area contributed by atoms with E-state index >= 15 is 0 Å². The lowest BCUT2D eigenvalue weighted by atomic mass is 9.84. The zero-order chi connectivity index (χ0) is 32.9. The zero-order valence-electron chi connectivity index (χ0n) is 25.6. The van der Waals surface area contributed by atoms with Crippen molar-refractivity contribution >= 4 is 23.5 Å². The average Bonchev–Trinajstić information content (AvgIpc) is 3.53. The number of anilines is 1. The van der Waals surface area contributed by atoms with Gasteiger partial charge in [-0.2, -0.15) is 0 Å². The number of ether oxygens (including phenoxy) is 2. The van der Waals surface area contributed by atoms with Gasteiger partial charge in [0.25, 0.3) is 11.4 Å². The molecule has 2 aromatic heterocycles. The number of rotatable bonds is 11. The second-order valence-electron chi connectivity index (χ2n) is 10.9. The van der Waals surface area contributed by atoms with Gasteiger partial charge in [0.2, 0.25) is 17.6 Å². The van der Waals surface area contributed by atoms with Crippen LogP contribution in [0.15, 0.2) is 63.9 Å². The summed E-state index contributed by atoms with van der Waals surface area (Å²) < 4.78 is 30.8. The van der Waals surface area contributed by atoms with Gasteiger partial charge in [-0.1, -0.05) is 50.2 Å². The van der Waals surface area contributed by atoms with Crippen LogP contribution in [0.1, 0.15) is 49.8 Å². The molecule has 4 rings (SSSR count). The normalized spacial score (nSPS) is 12.0. The molecule has 0 radical (unpaired) electrons. The average molecular weight is 621 g/mol. The van der Waals surface area contributed by atoms with Crippen molar-refractivity contribution in [1.82, 2.24) is 25.1 Å². The van der Waals surface area contributed by atoms with Gasteiger partial charge in [-0.05, 0) is 37.5 Å². The van der Waals surface area contributed by atoms with Gasteiger partial charge in [0.15, 0.2) is 11.6 Å². The van der Waals surface area contributed by atoms with Crippen LogP contribution in [0.25, 0.3) is 11.4 Å². The number of aromatic nitrogens is 4. The molecule has 0 aliphatic rings. The molecule has 1 atom stereocenters. The molecule has 0 spiro atoms. The Morgan fingerprint density at radius 1 is 1.07 bits per heavy atom. The van der Waals surface area contributed by atoms with Crippen molar-refractivity contribution in [2.75, 3.05) is 19.5 Å². The Kier molecular flexibility index (Phi) is 9.75. The van der Waals surface area contributed by atoms with Crippen molar-refractivity contribution in [3.05, 3.63) is 88.2 Å². The van der Waals surface area contributed by atoms with Crippen LogP contribution in [0.3, 0.4) is 0 Å². The third-order valence-electron chi connectivity index (χ3n) is 7.11. The number of Topliss-reactive ketones (excluding diaryl/α,β-unsaturated/α-hetero) is 1. The molecule has 2 amide bonds. The lowest BCUT2D eigenvalue weighted by molar-refractivity contribution is -0.122. The van der Waals surface area contributed by atoms with Gasteiger partial charge in [0.1, 0.15) is 18.1 Å². The summed E-state index contributed by atoms with van der Waals surface area (Å²) in [5.74, 6) is -2.38. The lowest BCUT2D eigenvalue weighted by Crippen LogP contribution is -2.46. The fourth-order valence-corrected chi connectivity index (χ4v) is 4.49. The van der Waals surface area contributed by atoms with Crippen molar-refractivity contribution in [2.24, 2.45) is 5.92 Å². The number of halogens is 1. The summed E-state index contributed by atoms with van der Waals surface area (Å²) in [6.45, 7) is 6.37. The number of hydrogen-bond acceptors (Lipinski definition) is 10. The minimum Gasteiger partial charge on any atom is -0.494 e. The van der Waals surface area contributed by atoms with Gasteiger partial charge in [-0.25, -0.2) is 14.2 Å². The highest BCUT2D eigenvalue weighted by molar-refractivity contribution is 5.98. The van der Waals surface area contributed by atoms with Gasteiger partial charge in [-0.15, -0.1) is 10.2 Å². The summed E-state index contributed by atoms with van der Waals surface area (Å²) in [5.41, 5.74) is -0.838. The summed E-state index contributed by atoms with van der Waals surface area (Å²) in [7, 11) is 2.50. The first-order valence-corrected chi connectivity index (χ1v) is 13.9. The van der Waals surface area contributed by atoms with E-state index in [2.05, 4.69) is 30.6 Å². The van der Waals surface area contributed by atoms with Crippen LogP contribution < -0.4 is 20.9 Å². The van der Waals surface area contributed by atoms with E-state index in [1.165, 1.54) is 25.4 Å². The molecule has 0 saturated heterocycles. The van der Waals surface area contributed by atoms with E-state index in [0.717, 1.165) is 11.7 Å². The first-order chi connectivity index (χ1) is 21.4. The molecule has 13 nitrogen and oxygen atoms in total. The Morgan fingerprint density at radius 3 is 2.40 bits per heavy atom. The predicted molar refractivity (Wildman–Crippen MR) is 160 cm³/mol. The molecule has 0 bridgehead atoms. The number of nitrogens with one attached hydrogen (secondary N) is 2. The molecule has 0 aliphatic carbocycles. The second-order valence-corrected chi connectivity index (χ2v) is 10.9. The van der Waals surface area contributed by atoms with Crippen molar-refractivity contribution in [2.45, 2.75) is 45.7 Å². The van der Waals surface area contributed by atoms with Crippen molar-refractivity contribution < 1.29 is 32.7 Å². The minimum absolute atomic E-state index is 0.0595. The molecule has 2 heterocycles. The number of hydrogen-bond donors (Lipinski definition) is 2. The van der Waals surface area contributed by atoms with Gasteiger partial charge < -0.3 is 19.2 Å². The molecule has 4 aromatic rings. The van der Waals surface area contributed by atoms with Gasteiger partial charge >= 0.3 is 6.09 Å². The van der Waals surface area contributed by atoms with E-state index in [1.54, 1.807) is 64.1 Å². The molecule has 2 aromatic carbocycles. The molecular formula is C31H33FN6O7. The van der Waals surface area contributed by atoms with Crippen molar-refractivity contribution in [3.8, 4) is 17.1 Å². The maximum atomic E-state index is 14.4. The topological polar surface area (TPSA) is 168 Å². The zero-order valence-corrected chi connectivity index (χ0v) is 25.6. The Bertz CT molecular complexity index is 1770. The van der Waals surface area contributed by atoms with Crippen LogP contribution in [-0.4, -0.2) is 57.8 Å². The second kappa shape index (κ2) is 13.5. The van der Waals surface area contributed by atoms with Gasteiger partial charge in [0.05, 0.1) is 31.9 Å². The summed E-state index contributed by atoms with van der Waals surface area (Å²) >= 11 is 0. The number of methoxy groups -OCH3 is 2. The van der Waals surface area contributed by atoms with E-state index < -0.39 is 53.1 Å². The standard InChI is InChI=1S/C31H33FN6O7/c1-17(2)24(25(40)27-36-37-29(45-27)31(3,4)19-12-13-22(43-5)20(32)14-19)35-23(39)16-38-26(18-10-8-7-9-11-18)33-15-21(28(38)41)34-30(42)44-6/h7-15,17,24H,16H2,1-6H3,(H,34,42)(H,35,39)/t24-/m0/s1. The smallest absolute Gasteiger partial charge is 0.411 e. The summed E-state index contributed by atoms with van der Waals surface area (Å²) in [5, 5.41) is 12.9. The number of carbonyl (C=O) groups excluding carboxylic acids is 3. The highest BCUT2D eigenvalue weighted by Gasteiger charge is 2.35. The third kappa shape index (κ3) is 7.06. The molecule has 14 heteroatoms. The highest BCUT2D eigenvalue weighted by atomic mass is 19.1. The van der Waals surface area contributed by atoms with E-state index in [9.17, 15) is 23.6 Å². The maximum absolute atomic E-state index is 14.4. The predicted octanol–water partition coefficient (Wildman–Crippen LogP) is 3.97. The molecule has 45 heavy (non-hydrogen) atoms. The first-order valence-electron chi connectivity index (χ1n) is 13.9. The minimum atomic E-state index is -1.10. The number of amides is 2. The molecule has 0 fully saturated rings. The molecule has 0 unspecified atom stereocenters. The molecule has 236 valence electrons. The number of benzene rings is 2. The molecule has 0 saturated carbocycles. The van der Waals surface area contributed by atoms with E-state index in [0.29, 0.717) is 11.1 Å². The summed E-state index contributed by atoms with van der Waals surface area (Å²) in [6, 6.07) is 12.0. The van der Waals surface area contributed by atoms with Crippen LogP contribution in [0, 0.1) is 11.7 Å². The van der Waals surface area contributed by atoms with Gasteiger partial charge in [0, 0.05) is 5.56 Å². The monoisotopic (exact) mass is 620 g/mol. The molecular weight excluding hydrogens is 587 g/mol. The van der Waals surface area contributed by atoms with Crippen LogP contribution in [0.5, 0.6) is 5.75 Å². The highest BCUT2D eigenvalue weighted by Crippen LogP contribution is 2.33. The largest absolute Gasteiger partial charge is 0.494 e. The SMILES string of the molecule is COC(=O)Nc1cnc(-c2ccccc2)n(CC(=O)N[C@H](C(=O)c2nnc(C(C)(C)c3ccc(OC)c(F)c3)o2)C(C)C)c1=O. The Morgan fingerprint density at radius 2 is 1.78 bits per heavy atom. The van der Waals surface area contributed by atoms with Gasteiger partial charge in [-0.3, -0.25) is 24.3 Å². The maximum Gasteiger partial charge on any atom is 0.411 e. The van der Waals surface area contributed by atoms with Crippen LogP contribution >= 0.6 is 0 Å². The third-order valence-corrected chi connectivity index (χ3v) is 7.11. The fraction of sp³-hybridized carbons (Fsp3) is 0.323. The Labute approximate surface area is 257 Å². The van der Waals surface area contributed by atoms with Crippen LogP contribution in [0.2, 0.25) is 0 Å². The molecule has 2 N–H and O–H groups in total. The number of carbonyl (C=O) groups is 3. The van der Waals surface area contributed by atoms with Crippen molar-refractivity contribution in [1.29, 1.82) is 0 Å². The lowest BCUT2D eigenvalue weighted by Gasteiger charge is -2.22. The van der Waals surface area contributed by atoms with E-state index in [-0.39, 0.29) is 29.0 Å². The quantitative estimate of drug-likeness (QED) is 0.234. The Balaban J connectivity index is 1.59. The Hall–Kier alpha value is -5.40. The van der Waals surface area contributed by atoms with Crippen LogP contribution in [0.4, 0.5) is 14.9 Å². The summed E-state index contributed by atoms with van der Waals surface area (Å²) in [6.07, 6.45) is 0.285. The molecule has 0 aliphatic heterocycles. The van der Waals surface area contributed by atoms with Crippen molar-refractivity contribution in [3.63, 3.8) is 0 Å². The van der Waals surface area contributed by atoms with E-state index in [1.807, 2.05) is 0 Å². The number of nitrogens with zero attached hydrogens (tertiary/aromatic N) is 4. The fourth-order valence-electron chi connectivity index (χ4n) is 4.49. The first kappa shape index (κ1) is 32.5.